The lowest BCUT2D eigenvalue weighted by Gasteiger charge is -2.20. The van der Waals surface area contributed by atoms with Gasteiger partial charge in [0.1, 0.15) is 0 Å². The van der Waals surface area contributed by atoms with Gasteiger partial charge in [0.2, 0.25) is 0 Å². The minimum Gasteiger partial charge on any atom is -0.315 e. The maximum atomic E-state index is 13.9. The predicted octanol–water partition coefficient (Wildman–Crippen LogP) is 8.20. The number of hydrogen-bond donors (Lipinski definition) is 0. The summed E-state index contributed by atoms with van der Waals surface area (Å²) in [6.07, 6.45) is 6.02. The molecule has 1 amide bonds. The van der Waals surface area contributed by atoms with Crippen LogP contribution < -0.4 is 10.6 Å². The van der Waals surface area contributed by atoms with Crippen LogP contribution >= 0.6 is 77.2 Å². The number of halogens is 2. The number of amides is 1. The normalized spacial score (nSPS) is 14.3. The predicted molar refractivity (Wildman–Crippen MR) is 162 cm³/mol. The van der Waals surface area contributed by atoms with Gasteiger partial charge in [0.25, 0.3) is 5.91 Å². The SMILES string of the molecule is C=c1c2c(c3c4sc(-c5ccc(Br)s5)cc4ccn13)C(=O)N1C=Cc3cc(-c4ccc(Br)s4)sc3C=21. The fraction of sp³-hybridized carbons (Fsp3) is 0. The van der Waals surface area contributed by atoms with Crippen molar-refractivity contribution in [2.75, 3.05) is 0 Å². The van der Waals surface area contributed by atoms with Crippen LogP contribution in [0.15, 0.2) is 62.4 Å². The zero-order valence-electron chi connectivity index (χ0n) is 18.2. The number of hydrogen-bond acceptors (Lipinski definition) is 5. The third-order valence-electron chi connectivity index (χ3n) is 6.61. The van der Waals surface area contributed by atoms with E-state index in [2.05, 4.69) is 97.6 Å². The van der Waals surface area contributed by atoms with Gasteiger partial charge in [-0.1, -0.05) is 6.58 Å². The number of thiophene rings is 4. The second kappa shape index (κ2) is 7.63. The standard InChI is InChI=1S/C27H12Br2N2OS4/c1-12-21-22(24-26-13(6-8-30(12)24)10-18(36-26)16-3-5-20(29)34-16)27(32)31-9-7-14-11-17(35-25(14)23(21)31)15-2-4-19(28)33-15/h2-11H,1H2. The molecule has 0 radical (unpaired) electrons. The Morgan fingerprint density at radius 1 is 0.833 bits per heavy atom. The van der Waals surface area contributed by atoms with Crippen molar-refractivity contribution in [3.8, 4) is 19.5 Å². The zero-order chi connectivity index (χ0) is 24.3. The summed E-state index contributed by atoms with van der Waals surface area (Å²) in [6.45, 7) is 4.46. The minimum absolute atomic E-state index is 0.0180. The fourth-order valence-corrected chi connectivity index (χ4v) is 10.4. The van der Waals surface area contributed by atoms with E-state index in [0.717, 1.165) is 55.4 Å². The van der Waals surface area contributed by atoms with E-state index in [1.54, 1.807) is 45.3 Å². The molecule has 8 rings (SSSR count). The highest BCUT2D eigenvalue weighted by molar-refractivity contribution is 9.11. The van der Waals surface area contributed by atoms with Gasteiger partial charge >= 0.3 is 0 Å². The Kier molecular flexibility index (Phi) is 4.61. The van der Waals surface area contributed by atoms with Crippen molar-refractivity contribution in [3.63, 3.8) is 0 Å². The van der Waals surface area contributed by atoms with Crippen molar-refractivity contribution in [2.45, 2.75) is 0 Å². The number of carbonyl (C=O) groups is 1. The summed E-state index contributed by atoms with van der Waals surface area (Å²) < 4.78 is 5.44. The molecule has 0 saturated carbocycles. The summed E-state index contributed by atoms with van der Waals surface area (Å²) in [5.74, 6) is 0.0180. The average molecular weight is 668 g/mol. The second-order valence-electron chi connectivity index (χ2n) is 8.57. The molecule has 8 heterocycles. The quantitative estimate of drug-likeness (QED) is 0.183. The number of nitrogens with zero attached hydrogens (tertiary/aromatic N) is 2. The summed E-state index contributed by atoms with van der Waals surface area (Å²) in [7, 11) is 0. The number of aromatic nitrogens is 1. The third kappa shape index (κ3) is 2.90. The van der Waals surface area contributed by atoms with E-state index in [0.29, 0.717) is 0 Å². The minimum atomic E-state index is 0.0180. The van der Waals surface area contributed by atoms with Crippen LogP contribution in [0.2, 0.25) is 0 Å². The van der Waals surface area contributed by atoms with E-state index in [9.17, 15) is 4.79 Å². The smallest absolute Gasteiger partial charge is 0.265 e. The molecule has 0 aromatic carbocycles. The van der Waals surface area contributed by atoms with Crippen LogP contribution in [0.5, 0.6) is 0 Å². The summed E-state index contributed by atoms with van der Waals surface area (Å²) in [5.41, 5.74) is 3.82. The number of fused-ring (bicyclic) bond motifs is 8. The van der Waals surface area contributed by atoms with Crippen LogP contribution in [-0.2, 0) is 0 Å². The first-order chi connectivity index (χ1) is 17.5. The largest absolute Gasteiger partial charge is 0.315 e. The maximum absolute atomic E-state index is 13.9. The van der Waals surface area contributed by atoms with Crippen LogP contribution in [0, 0.1) is 0 Å². The Morgan fingerprint density at radius 3 is 2.25 bits per heavy atom. The first kappa shape index (κ1) is 21.8. The van der Waals surface area contributed by atoms with Crippen molar-refractivity contribution in [2.24, 2.45) is 0 Å². The van der Waals surface area contributed by atoms with E-state index in [1.807, 2.05) is 11.1 Å². The Bertz CT molecular complexity index is 2080. The highest BCUT2D eigenvalue weighted by Gasteiger charge is 2.37. The molecule has 0 spiro atoms. The van der Waals surface area contributed by atoms with Gasteiger partial charge in [-0.3, -0.25) is 9.69 Å². The van der Waals surface area contributed by atoms with Crippen molar-refractivity contribution < 1.29 is 4.79 Å². The van der Waals surface area contributed by atoms with Crippen LogP contribution in [0.3, 0.4) is 0 Å². The molecule has 0 aliphatic carbocycles. The van der Waals surface area contributed by atoms with Gasteiger partial charge < -0.3 is 4.40 Å². The molecule has 3 nitrogen and oxygen atoms in total. The average Bonchev–Trinajstić information content (AvgIpc) is 3.67. The topological polar surface area (TPSA) is 24.7 Å². The molecule has 9 heteroatoms. The van der Waals surface area contributed by atoms with E-state index in [1.165, 1.54) is 19.5 Å². The summed E-state index contributed by atoms with van der Waals surface area (Å²) in [5, 5.41) is 2.96. The number of rotatable bonds is 2. The molecule has 0 bridgehead atoms. The van der Waals surface area contributed by atoms with Gasteiger partial charge in [-0.05, 0) is 91.4 Å². The van der Waals surface area contributed by atoms with Crippen LogP contribution in [-0.4, -0.2) is 15.2 Å². The molecule has 0 fully saturated rings. The van der Waals surface area contributed by atoms with E-state index in [4.69, 9.17) is 0 Å². The lowest BCUT2D eigenvalue weighted by atomic mass is 10.1. The highest BCUT2D eigenvalue weighted by atomic mass is 79.9. The molecule has 36 heavy (non-hydrogen) atoms. The van der Waals surface area contributed by atoms with Crippen LogP contribution in [0.25, 0.3) is 53.5 Å². The number of pyridine rings is 1. The molecule has 6 aromatic heterocycles. The molecule has 0 unspecified atom stereocenters. The van der Waals surface area contributed by atoms with Crippen molar-refractivity contribution in [3.05, 3.63) is 89.0 Å². The second-order valence-corrected chi connectivity index (χ2v) is 15.6. The van der Waals surface area contributed by atoms with E-state index >= 15 is 0 Å². The molecular weight excluding hydrogens is 656 g/mol. The molecule has 6 aromatic rings. The fourth-order valence-electron chi connectivity index (χ4n) is 5.07. The zero-order valence-corrected chi connectivity index (χ0v) is 24.6. The van der Waals surface area contributed by atoms with Gasteiger partial charge in [0.05, 0.1) is 33.9 Å². The van der Waals surface area contributed by atoms with Gasteiger partial charge in [-0.2, -0.15) is 0 Å². The summed E-state index contributed by atoms with van der Waals surface area (Å²) in [4.78, 5) is 21.7. The van der Waals surface area contributed by atoms with Crippen molar-refractivity contribution >= 4 is 117 Å². The van der Waals surface area contributed by atoms with Gasteiger partial charge in [-0.25, -0.2) is 0 Å². The first-order valence-electron chi connectivity index (χ1n) is 10.9. The lowest BCUT2D eigenvalue weighted by molar-refractivity contribution is 0.0890. The van der Waals surface area contributed by atoms with Crippen LogP contribution in [0.1, 0.15) is 20.8 Å². The summed E-state index contributed by atoms with van der Waals surface area (Å²) in [6, 6.07) is 15.0. The maximum Gasteiger partial charge on any atom is 0.265 e. The van der Waals surface area contributed by atoms with Crippen molar-refractivity contribution in [1.82, 2.24) is 9.30 Å². The molecule has 2 aliphatic rings. The number of carbonyl (C=O) groups excluding carboxylic acids is 1. The summed E-state index contributed by atoms with van der Waals surface area (Å²) >= 11 is 14.1. The molecule has 2 aliphatic heterocycles. The molecule has 0 atom stereocenters. The Morgan fingerprint density at radius 2 is 1.56 bits per heavy atom. The molecule has 174 valence electrons. The van der Waals surface area contributed by atoms with E-state index < -0.39 is 0 Å². The van der Waals surface area contributed by atoms with E-state index in [-0.39, 0.29) is 5.91 Å². The van der Waals surface area contributed by atoms with Gasteiger partial charge in [-0.15, -0.1) is 45.3 Å². The molecule has 0 saturated heterocycles. The van der Waals surface area contributed by atoms with Gasteiger partial charge in [0, 0.05) is 42.5 Å². The first-order valence-corrected chi connectivity index (χ1v) is 15.8. The monoisotopic (exact) mass is 666 g/mol. The van der Waals surface area contributed by atoms with Gasteiger partial charge in [0.15, 0.2) is 0 Å². The lowest BCUT2D eigenvalue weighted by Crippen LogP contribution is -2.28. The third-order valence-corrected chi connectivity index (χ3v) is 12.6. The molecule has 0 N–H and O–H groups in total. The highest BCUT2D eigenvalue weighted by Crippen LogP contribution is 2.45. The van der Waals surface area contributed by atoms with Crippen LogP contribution in [0.4, 0.5) is 0 Å². The Labute approximate surface area is 237 Å². The van der Waals surface area contributed by atoms with Crippen molar-refractivity contribution in [1.29, 1.82) is 0 Å². The Balaban J connectivity index is 1.43. The Hall–Kier alpha value is -2.27. The molecular formula is C27H12Br2N2OS4.